The zero-order chi connectivity index (χ0) is 12.6. The second kappa shape index (κ2) is 5.13. The summed E-state index contributed by atoms with van der Waals surface area (Å²) in [4.78, 5) is 2.86. The summed E-state index contributed by atoms with van der Waals surface area (Å²) < 4.78 is 0. The molecule has 1 heterocycles. The molecule has 18 heavy (non-hydrogen) atoms. The minimum atomic E-state index is 0.679. The van der Waals surface area contributed by atoms with E-state index in [1.165, 1.54) is 64.2 Å². The topological polar surface area (TPSA) is 29.3 Å². The van der Waals surface area contributed by atoms with E-state index in [0.717, 1.165) is 18.6 Å². The van der Waals surface area contributed by atoms with Crippen LogP contribution in [-0.2, 0) is 0 Å². The van der Waals surface area contributed by atoms with Gasteiger partial charge < -0.3 is 5.73 Å². The van der Waals surface area contributed by atoms with Gasteiger partial charge in [-0.25, -0.2) is 0 Å². The Balaban J connectivity index is 1.75. The van der Waals surface area contributed by atoms with Crippen molar-refractivity contribution in [3.05, 3.63) is 0 Å². The van der Waals surface area contributed by atoms with Crippen molar-refractivity contribution < 1.29 is 0 Å². The Kier molecular flexibility index (Phi) is 3.68. The van der Waals surface area contributed by atoms with Crippen LogP contribution in [0.15, 0.2) is 0 Å². The molecule has 0 aromatic rings. The largest absolute Gasteiger partial charge is 0.329 e. The van der Waals surface area contributed by atoms with E-state index >= 15 is 0 Å². The van der Waals surface area contributed by atoms with Gasteiger partial charge >= 0.3 is 0 Å². The number of hydrogen-bond donors (Lipinski definition) is 1. The van der Waals surface area contributed by atoms with Gasteiger partial charge in [0, 0.05) is 24.7 Å². The van der Waals surface area contributed by atoms with Gasteiger partial charge in [0.2, 0.25) is 0 Å². The molecule has 2 saturated carbocycles. The van der Waals surface area contributed by atoms with Crippen LogP contribution in [0.4, 0.5) is 0 Å². The second-order valence-corrected chi connectivity index (χ2v) is 7.09. The SMILES string of the molecule is CC1CCCC(CN)N1C1CCC12CCCCC2. The lowest BCUT2D eigenvalue weighted by molar-refractivity contribution is -0.0978. The van der Waals surface area contributed by atoms with Crippen molar-refractivity contribution in [2.24, 2.45) is 11.1 Å². The van der Waals surface area contributed by atoms with Crippen molar-refractivity contribution in [1.82, 2.24) is 4.90 Å². The van der Waals surface area contributed by atoms with Gasteiger partial charge in [0.1, 0.15) is 0 Å². The molecule has 3 aliphatic rings. The molecular formula is C16H30N2. The van der Waals surface area contributed by atoms with Gasteiger partial charge in [-0.3, -0.25) is 4.90 Å². The van der Waals surface area contributed by atoms with Gasteiger partial charge in [0.05, 0.1) is 0 Å². The van der Waals surface area contributed by atoms with Crippen LogP contribution in [0.1, 0.15) is 71.1 Å². The smallest absolute Gasteiger partial charge is 0.0224 e. The van der Waals surface area contributed by atoms with Crippen LogP contribution in [0.25, 0.3) is 0 Å². The van der Waals surface area contributed by atoms with Gasteiger partial charge in [-0.05, 0) is 50.9 Å². The van der Waals surface area contributed by atoms with E-state index in [1.54, 1.807) is 0 Å². The predicted molar refractivity (Wildman–Crippen MR) is 76.5 cm³/mol. The fourth-order valence-electron chi connectivity index (χ4n) is 5.09. The zero-order valence-electron chi connectivity index (χ0n) is 12.0. The lowest BCUT2D eigenvalue weighted by atomic mass is 9.56. The average molecular weight is 250 g/mol. The summed E-state index contributed by atoms with van der Waals surface area (Å²) in [5.74, 6) is 0. The minimum Gasteiger partial charge on any atom is -0.329 e. The molecule has 1 saturated heterocycles. The second-order valence-electron chi connectivity index (χ2n) is 7.09. The van der Waals surface area contributed by atoms with E-state index < -0.39 is 0 Å². The van der Waals surface area contributed by atoms with E-state index in [9.17, 15) is 0 Å². The molecule has 2 aliphatic carbocycles. The highest BCUT2D eigenvalue weighted by molar-refractivity contribution is 5.05. The maximum atomic E-state index is 6.05. The van der Waals surface area contributed by atoms with Crippen LogP contribution < -0.4 is 5.73 Å². The van der Waals surface area contributed by atoms with E-state index in [0.29, 0.717) is 11.5 Å². The minimum absolute atomic E-state index is 0.679. The lowest BCUT2D eigenvalue weighted by Crippen LogP contribution is -2.63. The molecule has 104 valence electrons. The molecule has 0 aromatic carbocycles. The van der Waals surface area contributed by atoms with E-state index in [-0.39, 0.29) is 0 Å². The summed E-state index contributed by atoms with van der Waals surface area (Å²) in [6.07, 6.45) is 14.5. The van der Waals surface area contributed by atoms with Gasteiger partial charge in [-0.15, -0.1) is 0 Å². The van der Waals surface area contributed by atoms with Gasteiger partial charge in [-0.1, -0.05) is 25.7 Å². The van der Waals surface area contributed by atoms with Crippen molar-refractivity contribution in [1.29, 1.82) is 0 Å². The Labute approximate surface area is 112 Å². The summed E-state index contributed by atoms with van der Waals surface area (Å²) in [5.41, 5.74) is 6.75. The normalized spacial score (nSPS) is 40.7. The van der Waals surface area contributed by atoms with Crippen molar-refractivity contribution in [2.75, 3.05) is 6.54 Å². The summed E-state index contributed by atoms with van der Waals surface area (Å²) >= 11 is 0. The van der Waals surface area contributed by atoms with Crippen molar-refractivity contribution in [3.8, 4) is 0 Å². The summed E-state index contributed by atoms with van der Waals surface area (Å²) in [5, 5.41) is 0. The first-order valence-electron chi connectivity index (χ1n) is 8.24. The molecule has 3 unspecified atom stereocenters. The van der Waals surface area contributed by atoms with Crippen LogP contribution in [0, 0.1) is 5.41 Å². The van der Waals surface area contributed by atoms with Crippen molar-refractivity contribution in [2.45, 2.75) is 89.3 Å². The van der Waals surface area contributed by atoms with Gasteiger partial charge in [0.25, 0.3) is 0 Å². The number of rotatable bonds is 2. The van der Waals surface area contributed by atoms with E-state index in [4.69, 9.17) is 5.73 Å². The van der Waals surface area contributed by atoms with E-state index in [2.05, 4.69) is 11.8 Å². The Morgan fingerprint density at radius 3 is 2.39 bits per heavy atom. The average Bonchev–Trinajstić information content (AvgIpc) is 2.41. The maximum absolute atomic E-state index is 6.05. The van der Waals surface area contributed by atoms with Gasteiger partial charge in [-0.2, -0.15) is 0 Å². The number of piperidine rings is 1. The molecule has 3 atom stereocenters. The third-order valence-electron chi connectivity index (χ3n) is 6.19. The Bertz CT molecular complexity index is 283. The van der Waals surface area contributed by atoms with Crippen LogP contribution in [0.5, 0.6) is 0 Å². The molecule has 0 amide bonds. The molecule has 1 aliphatic heterocycles. The highest BCUT2D eigenvalue weighted by atomic mass is 15.2. The highest BCUT2D eigenvalue weighted by Crippen LogP contribution is 2.55. The standard InChI is InChI=1S/C16H30N2/c1-13-6-5-7-14(12-17)18(13)15-8-11-16(15)9-3-2-4-10-16/h13-15H,2-12,17H2,1H3. The number of nitrogens with two attached hydrogens (primary N) is 1. The molecule has 2 heteroatoms. The fraction of sp³-hybridized carbons (Fsp3) is 1.00. The number of likely N-dealkylation sites (tertiary alicyclic amines) is 1. The summed E-state index contributed by atoms with van der Waals surface area (Å²) in [6.45, 7) is 3.31. The van der Waals surface area contributed by atoms with Crippen LogP contribution in [0.2, 0.25) is 0 Å². The van der Waals surface area contributed by atoms with Crippen LogP contribution >= 0.6 is 0 Å². The van der Waals surface area contributed by atoms with Crippen molar-refractivity contribution >= 4 is 0 Å². The maximum Gasteiger partial charge on any atom is 0.0224 e. The molecule has 3 fully saturated rings. The first-order chi connectivity index (χ1) is 8.77. The molecule has 2 N–H and O–H groups in total. The molecule has 0 aromatic heterocycles. The number of nitrogens with zero attached hydrogens (tertiary/aromatic N) is 1. The number of hydrogen-bond acceptors (Lipinski definition) is 2. The first kappa shape index (κ1) is 12.9. The Morgan fingerprint density at radius 2 is 1.78 bits per heavy atom. The molecule has 0 bridgehead atoms. The third-order valence-corrected chi connectivity index (χ3v) is 6.19. The molecule has 2 nitrogen and oxygen atoms in total. The molecule has 1 spiro atoms. The predicted octanol–water partition coefficient (Wildman–Crippen LogP) is 3.30. The highest BCUT2D eigenvalue weighted by Gasteiger charge is 2.51. The zero-order valence-corrected chi connectivity index (χ0v) is 12.0. The molecular weight excluding hydrogens is 220 g/mol. The van der Waals surface area contributed by atoms with E-state index in [1.807, 2.05) is 0 Å². The summed E-state index contributed by atoms with van der Waals surface area (Å²) in [7, 11) is 0. The quantitative estimate of drug-likeness (QED) is 0.815. The van der Waals surface area contributed by atoms with Gasteiger partial charge in [0.15, 0.2) is 0 Å². The lowest BCUT2D eigenvalue weighted by Gasteiger charge is -2.60. The molecule has 3 rings (SSSR count). The van der Waals surface area contributed by atoms with Crippen LogP contribution in [-0.4, -0.2) is 29.6 Å². The third kappa shape index (κ3) is 2.02. The summed E-state index contributed by atoms with van der Waals surface area (Å²) in [6, 6.07) is 2.33. The Morgan fingerprint density at radius 1 is 1.00 bits per heavy atom. The first-order valence-corrected chi connectivity index (χ1v) is 8.24. The van der Waals surface area contributed by atoms with Crippen LogP contribution in [0.3, 0.4) is 0 Å². The molecule has 0 radical (unpaired) electrons. The van der Waals surface area contributed by atoms with Crippen molar-refractivity contribution in [3.63, 3.8) is 0 Å². The fourth-order valence-corrected chi connectivity index (χ4v) is 5.09. The monoisotopic (exact) mass is 250 g/mol. The Hall–Kier alpha value is -0.0800.